The summed E-state index contributed by atoms with van der Waals surface area (Å²) in [5, 5.41) is 8.89. The third kappa shape index (κ3) is 5.89. The van der Waals surface area contributed by atoms with E-state index >= 15 is 0 Å². The average Bonchev–Trinajstić information content (AvgIpc) is 2.38. The number of hydrogen-bond donors (Lipinski definition) is 2. The van der Waals surface area contributed by atoms with Crippen molar-refractivity contribution in [3.63, 3.8) is 0 Å². The van der Waals surface area contributed by atoms with E-state index in [2.05, 4.69) is 0 Å². The maximum atomic E-state index is 10.8. The summed E-state index contributed by atoms with van der Waals surface area (Å²) < 4.78 is 11.2. The number of nitrogens with two attached hydrogens (primary N) is 1. The van der Waals surface area contributed by atoms with Crippen molar-refractivity contribution in [2.45, 2.75) is 69.6 Å². The van der Waals surface area contributed by atoms with E-state index in [1.165, 1.54) is 0 Å². The maximum absolute atomic E-state index is 10.8. The molecule has 1 aliphatic carbocycles. The van der Waals surface area contributed by atoms with Crippen LogP contribution in [0, 0.1) is 0 Å². The Labute approximate surface area is 115 Å². The summed E-state index contributed by atoms with van der Waals surface area (Å²) in [5.41, 5.74) is 4.54. The van der Waals surface area contributed by atoms with E-state index in [-0.39, 0.29) is 0 Å². The Morgan fingerprint density at radius 1 is 1.37 bits per heavy atom. The Morgan fingerprint density at radius 2 is 2.05 bits per heavy atom. The molecule has 0 radical (unpaired) electrons. The second-order valence-electron chi connectivity index (χ2n) is 5.70. The highest BCUT2D eigenvalue weighted by Gasteiger charge is 2.27. The Kier molecular flexibility index (Phi) is 6.75. The molecule has 0 heterocycles. The van der Waals surface area contributed by atoms with Crippen molar-refractivity contribution in [1.29, 1.82) is 0 Å². The summed E-state index contributed by atoms with van der Waals surface area (Å²) >= 11 is 0. The molecule has 1 rings (SSSR count). The summed E-state index contributed by atoms with van der Waals surface area (Å²) in [6.07, 6.45) is 7.10. The number of unbranched alkanes of at least 4 members (excludes halogenated alkanes) is 1. The van der Waals surface area contributed by atoms with Crippen molar-refractivity contribution in [2.75, 3.05) is 13.7 Å². The fraction of sp³-hybridized carbons (Fsp3) is 0.929. The molecule has 1 aliphatic rings. The van der Waals surface area contributed by atoms with E-state index in [9.17, 15) is 4.79 Å². The highest BCUT2D eigenvalue weighted by Crippen LogP contribution is 2.23. The van der Waals surface area contributed by atoms with Crippen LogP contribution in [-0.4, -0.2) is 42.5 Å². The van der Waals surface area contributed by atoms with Crippen LogP contribution in [0.5, 0.6) is 0 Å². The van der Waals surface area contributed by atoms with Gasteiger partial charge >= 0.3 is 5.97 Å². The number of ether oxygens (including phenoxy) is 2. The van der Waals surface area contributed by atoms with Crippen LogP contribution < -0.4 is 5.73 Å². The molecule has 5 heteroatoms. The van der Waals surface area contributed by atoms with Crippen molar-refractivity contribution in [3.8, 4) is 0 Å². The SMILES string of the molecule is COC1CCCC(OCCCCC(C)(N)C(=O)O)C1. The quantitative estimate of drug-likeness (QED) is 0.660. The number of hydrogen-bond acceptors (Lipinski definition) is 4. The largest absolute Gasteiger partial charge is 0.480 e. The molecule has 1 saturated carbocycles. The number of carbonyl (C=O) groups is 1. The lowest BCUT2D eigenvalue weighted by atomic mass is 9.94. The van der Waals surface area contributed by atoms with Gasteiger partial charge in [0, 0.05) is 13.7 Å². The van der Waals surface area contributed by atoms with Gasteiger partial charge in [-0.2, -0.15) is 0 Å². The molecule has 0 saturated heterocycles. The monoisotopic (exact) mass is 273 g/mol. The fourth-order valence-electron chi connectivity index (χ4n) is 2.42. The zero-order valence-electron chi connectivity index (χ0n) is 12.1. The van der Waals surface area contributed by atoms with E-state index in [0.717, 1.165) is 38.5 Å². The van der Waals surface area contributed by atoms with Gasteiger partial charge in [0.1, 0.15) is 5.54 Å². The van der Waals surface area contributed by atoms with Crippen LogP contribution in [-0.2, 0) is 14.3 Å². The first-order valence-corrected chi connectivity index (χ1v) is 7.12. The Hall–Kier alpha value is -0.650. The molecule has 3 unspecified atom stereocenters. The number of carboxylic acid groups (broad SMARTS) is 1. The summed E-state index contributed by atoms with van der Waals surface area (Å²) in [6, 6.07) is 0. The average molecular weight is 273 g/mol. The van der Waals surface area contributed by atoms with Gasteiger partial charge in [-0.05, 0) is 51.9 Å². The van der Waals surface area contributed by atoms with Crippen LogP contribution in [0.15, 0.2) is 0 Å². The van der Waals surface area contributed by atoms with Gasteiger partial charge in [-0.15, -0.1) is 0 Å². The molecule has 112 valence electrons. The summed E-state index contributed by atoms with van der Waals surface area (Å²) in [6.45, 7) is 2.23. The van der Waals surface area contributed by atoms with Crippen molar-refractivity contribution >= 4 is 5.97 Å². The summed E-state index contributed by atoms with van der Waals surface area (Å²) in [7, 11) is 1.75. The predicted molar refractivity (Wildman–Crippen MR) is 73.1 cm³/mol. The van der Waals surface area contributed by atoms with Gasteiger partial charge < -0.3 is 20.3 Å². The smallest absolute Gasteiger partial charge is 0.323 e. The Balaban J connectivity index is 2.09. The first-order valence-electron chi connectivity index (χ1n) is 7.12. The Bertz CT molecular complexity index is 281. The van der Waals surface area contributed by atoms with Crippen LogP contribution >= 0.6 is 0 Å². The van der Waals surface area contributed by atoms with E-state index in [0.29, 0.717) is 25.2 Å². The zero-order valence-corrected chi connectivity index (χ0v) is 12.1. The molecule has 0 spiro atoms. The van der Waals surface area contributed by atoms with Crippen LogP contribution in [0.4, 0.5) is 0 Å². The minimum atomic E-state index is -1.12. The highest BCUT2D eigenvalue weighted by atomic mass is 16.5. The van der Waals surface area contributed by atoms with Crippen LogP contribution in [0.25, 0.3) is 0 Å². The zero-order chi connectivity index (χ0) is 14.3. The van der Waals surface area contributed by atoms with E-state index in [4.69, 9.17) is 20.3 Å². The first kappa shape index (κ1) is 16.4. The molecule has 3 atom stereocenters. The molecular weight excluding hydrogens is 246 g/mol. The van der Waals surface area contributed by atoms with Crippen molar-refractivity contribution in [3.05, 3.63) is 0 Å². The van der Waals surface area contributed by atoms with Gasteiger partial charge in [0.2, 0.25) is 0 Å². The molecule has 1 fully saturated rings. The third-order valence-corrected chi connectivity index (χ3v) is 3.84. The molecule has 0 aromatic heterocycles. The van der Waals surface area contributed by atoms with Gasteiger partial charge in [0.25, 0.3) is 0 Å². The normalized spacial score (nSPS) is 26.9. The predicted octanol–water partition coefficient (Wildman–Crippen LogP) is 1.93. The molecule has 19 heavy (non-hydrogen) atoms. The third-order valence-electron chi connectivity index (χ3n) is 3.84. The van der Waals surface area contributed by atoms with Gasteiger partial charge in [0.15, 0.2) is 0 Å². The number of aliphatic carboxylic acids is 1. The molecule has 3 N–H and O–H groups in total. The number of methoxy groups -OCH3 is 1. The minimum absolute atomic E-state index is 0.294. The number of rotatable bonds is 8. The first-order chi connectivity index (χ1) is 8.95. The lowest BCUT2D eigenvalue weighted by molar-refractivity contribution is -0.143. The topological polar surface area (TPSA) is 81.8 Å². The second kappa shape index (κ2) is 7.82. The van der Waals surface area contributed by atoms with Crippen LogP contribution in [0.1, 0.15) is 51.9 Å². The van der Waals surface area contributed by atoms with Crippen molar-refractivity contribution in [2.24, 2.45) is 5.73 Å². The fourth-order valence-corrected chi connectivity index (χ4v) is 2.42. The highest BCUT2D eigenvalue weighted by molar-refractivity contribution is 5.77. The molecule has 0 aliphatic heterocycles. The van der Waals surface area contributed by atoms with Gasteiger partial charge in [0.05, 0.1) is 12.2 Å². The van der Waals surface area contributed by atoms with Crippen molar-refractivity contribution < 1.29 is 19.4 Å². The Morgan fingerprint density at radius 3 is 2.68 bits per heavy atom. The van der Waals surface area contributed by atoms with Gasteiger partial charge in [-0.1, -0.05) is 0 Å². The standard InChI is InChI=1S/C14H27NO4/c1-14(15,13(16)17)8-3-4-9-19-12-7-5-6-11(10-12)18-2/h11-12H,3-10,15H2,1-2H3,(H,16,17). The van der Waals surface area contributed by atoms with Crippen LogP contribution in [0.3, 0.4) is 0 Å². The summed E-state index contributed by atoms with van der Waals surface area (Å²) in [4.78, 5) is 10.8. The second-order valence-corrected chi connectivity index (χ2v) is 5.70. The number of carboxylic acids is 1. The lowest BCUT2D eigenvalue weighted by Gasteiger charge is -2.28. The van der Waals surface area contributed by atoms with E-state index < -0.39 is 11.5 Å². The van der Waals surface area contributed by atoms with E-state index in [1.54, 1.807) is 14.0 Å². The molecule has 0 aromatic carbocycles. The van der Waals surface area contributed by atoms with Gasteiger partial charge in [-0.3, -0.25) is 4.79 Å². The molecular formula is C14H27NO4. The van der Waals surface area contributed by atoms with Crippen molar-refractivity contribution in [1.82, 2.24) is 0 Å². The minimum Gasteiger partial charge on any atom is -0.480 e. The van der Waals surface area contributed by atoms with Gasteiger partial charge in [-0.25, -0.2) is 0 Å². The lowest BCUT2D eigenvalue weighted by Crippen LogP contribution is -2.44. The molecule has 0 aromatic rings. The maximum Gasteiger partial charge on any atom is 0.323 e. The summed E-state index contributed by atoms with van der Waals surface area (Å²) in [5.74, 6) is -0.941. The molecule has 5 nitrogen and oxygen atoms in total. The van der Waals surface area contributed by atoms with E-state index in [1.807, 2.05) is 0 Å². The molecule has 0 bridgehead atoms. The molecule has 0 amide bonds. The van der Waals surface area contributed by atoms with Crippen LogP contribution in [0.2, 0.25) is 0 Å².